The Kier molecular flexibility index (Phi) is 4.13. The molecule has 0 unspecified atom stereocenters. The van der Waals surface area contributed by atoms with Gasteiger partial charge in [-0.1, -0.05) is 36.4 Å². The maximum atomic E-state index is 12.4. The Hall–Kier alpha value is -2.23. The molecule has 0 radical (unpaired) electrons. The summed E-state index contributed by atoms with van der Waals surface area (Å²) in [5, 5.41) is 0. The van der Waals surface area contributed by atoms with Crippen molar-refractivity contribution < 1.29 is 17.9 Å². The number of hydrogen-bond acceptors (Lipinski definition) is 1. The van der Waals surface area contributed by atoms with Crippen molar-refractivity contribution in [3.8, 4) is 5.75 Å². The highest BCUT2D eigenvalue weighted by molar-refractivity contribution is 5.69. The molecule has 0 aliphatic heterocycles. The van der Waals surface area contributed by atoms with E-state index in [4.69, 9.17) is 4.74 Å². The standard InChI is InChI=1S/C16H13F3O/c1-20-15-10-6-13(7-11-15)3-2-12-4-8-14(9-5-12)16(17,18)19/h2-11H,1H3/b3-2+. The first-order valence-corrected chi connectivity index (χ1v) is 5.98. The Labute approximate surface area is 115 Å². The molecule has 0 bridgehead atoms. The molecule has 1 nitrogen and oxygen atoms in total. The van der Waals surface area contributed by atoms with Crippen LogP contribution in [0, 0.1) is 0 Å². The van der Waals surface area contributed by atoms with Crippen LogP contribution < -0.4 is 4.74 Å². The van der Waals surface area contributed by atoms with Crippen LogP contribution in [0.15, 0.2) is 48.5 Å². The largest absolute Gasteiger partial charge is 0.497 e. The van der Waals surface area contributed by atoms with Crippen LogP contribution in [0.25, 0.3) is 12.2 Å². The summed E-state index contributed by atoms with van der Waals surface area (Å²) in [5.41, 5.74) is 1.03. The third-order valence-corrected chi connectivity index (χ3v) is 2.82. The van der Waals surface area contributed by atoms with E-state index in [1.807, 2.05) is 30.3 Å². The minimum atomic E-state index is -4.29. The lowest BCUT2D eigenvalue weighted by Crippen LogP contribution is -2.03. The van der Waals surface area contributed by atoms with E-state index in [0.29, 0.717) is 5.56 Å². The summed E-state index contributed by atoms with van der Waals surface area (Å²) in [5.74, 6) is 0.761. The molecule has 0 N–H and O–H groups in total. The van der Waals surface area contributed by atoms with E-state index in [1.165, 1.54) is 12.1 Å². The van der Waals surface area contributed by atoms with Crippen LogP contribution in [0.4, 0.5) is 13.2 Å². The average Bonchev–Trinajstić information content (AvgIpc) is 2.45. The van der Waals surface area contributed by atoms with Crippen molar-refractivity contribution in [2.45, 2.75) is 6.18 Å². The quantitative estimate of drug-likeness (QED) is 0.727. The third-order valence-electron chi connectivity index (χ3n) is 2.82. The second-order valence-electron chi connectivity index (χ2n) is 4.23. The van der Waals surface area contributed by atoms with Gasteiger partial charge >= 0.3 is 6.18 Å². The van der Waals surface area contributed by atoms with Gasteiger partial charge in [-0.25, -0.2) is 0 Å². The molecule has 2 aromatic carbocycles. The molecule has 0 aliphatic carbocycles. The number of rotatable bonds is 3. The summed E-state index contributed by atoms with van der Waals surface area (Å²) < 4.78 is 42.3. The smallest absolute Gasteiger partial charge is 0.416 e. The molecule has 0 heterocycles. The highest BCUT2D eigenvalue weighted by atomic mass is 19.4. The second kappa shape index (κ2) is 5.82. The predicted molar refractivity (Wildman–Crippen MR) is 73.4 cm³/mol. The van der Waals surface area contributed by atoms with Gasteiger partial charge in [0.2, 0.25) is 0 Å². The van der Waals surface area contributed by atoms with Crippen LogP contribution in [0.1, 0.15) is 16.7 Å². The Balaban J connectivity index is 2.10. The van der Waals surface area contributed by atoms with Crippen molar-refractivity contribution in [1.82, 2.24) is 0 Å². The van der Waals surface area contributed by atoms with Gasteiger partial charge in [-0.05, 0) is 35.4 Å². The van der Waals surface area contributed by atoms with Crippen LogP contribution in [0.2, 0.25) is 0 Å². The van der Waals surface area contributed by atoms with Crippen molar-refractivity contribution in [3.05, 3.63) is 65.2 Å². The molecule has 0 amide bonds. The molecule has 2 rings (SSSR count). The summed E-state index contributed by atoms with van der Waals surface area (Å²) in [4.78, 5) is 0. The number of halogens is 3. The molecule has 0 atom stereocenters. The van der Waals surface area contributed by atoms with Gasteiger partial charge in [0.15, 0.2) is 0 Å². The van der Waals surface area contributed by atoms with Crippen LogP contribution in [0.5, 0.6) is 5.75 Å². The molecule has 0 fully saturated rings. The lowest BCUT2D eigenvalue weighted by atomic mass is 10.1. The maximum absolute atomic E-state index is 12.4. The molecule has 0 aromatic heterocycles. The van der Waals surface area contributed by atoms with Crippen LogP contribution in [0.3, 0.4) is 0 Å². The van der Waals surface area contributed by atoms with Crippen LogP contribution in [-0.4, -0.2) is 7.11 Å². The zero-order chi connectivity index (χ0) is 14.6. The number of ether oxygens (including phenoxy) is 1. The molecular formula is C16H13F3O. The molecule has 104 valence electrons. The highest BCUT2D eigenvalue weighted by Gasteiger charge is 2.29. The van der Waals surface area contributed by atoms with Crippen molar-refractivity contribution in [3.63, 3.8) is 0 Å². The van der Waals surface area contributed by atoms with Crippen LogP contribution in [-0.2, 0) is 6.18 Å². The van der Waals surface area contributed by atoms with E-state index >= 15 is 0 Å². The topological polar surface area (TPSA) is 9.23 Å². The first-order chi connectivity index (χ1) is 9.49. The SMILES string of the molecule is COc1ccc(/C=C/c2ccc(C(F)(F)F)cc2)cc1. The summed E-state index contributed by atoms with van der Waals surface area (Å²) in [6, 6.07) is 12.4. The van der Waals surface area contributed by atoms with E-state index in [9.17, 15) is 13.2 Å². The Morgan fingerprint density at radius 2 is 1.25 bits per heavy atom. The second-order valence-corrected chi connectivity index (χ2v) is 4.23. The van der Waals surface area contributed by atoms with E-state index in [0.717, 1.165) is 23.4 Å². The Morgan fingerprint density at radius 3 is 1.65 bits per heavy atom. The Bertz CT molecular complexity index is 581. The van der Waals surface area contributed by atoms with Gasteiger partial charge in [0, 0.05) is 0 Å². The van der Waals surface area contributed by atoms with Crippen molar-refractivity contribution >= 4 is 12.2 Å². The summed E-state index contributed by atoms with van der Waals surface area (Å²) in [6.45, 7) is 0. The zero-order valence-corrected chi connectivity index (χ0v) is 10.8. The predicted octanol–water partition coefficient (Wildman–Crippen LogP) is 4.88. The van der Waals surface area contributed by atoms with Crippen LogP contribution >= 0.6 is 0 Å². The van der Waals surface area contributed by atoms with E-state index in [1.54, 1.807) is 13.2 Å². The fraction of sp³-hybridized carbons (Fsp3) is 0.125. The molecule has 2 aromatic rings. The number of alkyl halides is 3. The first-order valence-electron chi connectivity index (χ1n) is 5.98. The molecule has 4 heteroatoms. The average molecular weight is 278 g/mol. The summed E-state index contributed by atoms with van der Waals surface area (Å²) in [6.07, 6.45) is -0.692. The lowest BCUT2D eigenvalue weighted by Gasteiger charge is -2.05. The van der Waals surface area contributed by atoms with Gasteiger partial charge in [0.05, 0.1) is 12.7 Å². The summed E-state index contributed by atoms with van der Waals surface area (Å²) in [7, 11) is 1.59. The van der Waals surface area contributed by atoms with E-state index in [-0.39, 0.29) is 0 Å². The number of benzene rings is 2. The van der Waals surface area contributed by atoms with Gasteiger partial charge in [-0.2, -0.15) is 13.2 Å². The first kappa shape index (κ1) is 14.2. The van der Waals surface area contributed by atoms with Gasteiger partial charge < -0.3 is 4.74 Å². The van der Waals surface area contributed by atoms with Crippen molar-refractivity contribution in [2.75, 3.05) is 7.11 Å². The maximum Gasteiger partial charge on any atom is 0.416 e. The third kappa shape index (κ3) is 3.63. The lowest BCUT2D eigenvalue weighted by molar-refractivity contribution is -0.137. The van der Waals surface area contributed by atoms with Crippen molar-refractivity contribution in [2.24, 2.45) is 0 Å². The zero-order valence-electron chi connectivity index (χ0n) is 10.8. The molecule has 0 saturated heterocycles. The molecule has 0 saturated carbocycles. The fourth-order valence-corrected chi connectivity index (χ4v) is 1.69. The number of methoxy groups -OCH3 is 1. The number of hydrogen-bond donors (Lipinski definition) is 0. The van der Waals surface area contributed by atoms with Gasteiger partial charge in [-0.3, -0.25) is 0 Å². The van der Waals surface area contributed by atoms with Gasteiger partial charge in [0.25, 0.3) is 0 Å². The molecule has 20 heavy (non-hydrogen) atoms. The fourth-order valence-electron chi connectivity index (χ4n) is 1.69. The molecule has 0 spiro atoms. The van der Waals surface area contributed by atoms with E-state index < -0.39 is 11.7 Å². The highest BCUT2D eigenvalue weighted by Crippen LogP contribution is 2.29. The summed E-state index contributed by atoms with van der Waals surface area (Å²) >= 11 is 0. The molecular weight excluding hydrogens is 265 g/mol. The normalized spacial score (nSPS) is 11.8. The van der Waals surface area contributed by atoms with Crippen molar-refractivity contribution in [1.29, 1.82) is 0 Å². The Morgan fingerprint density at radius 1 is 0.800 bits per heavy atom. The minimum Gasteiger partial charge on any atom is -0.497 e. The monoisotopic (exact) mass is 278 g/mol. The van der Waals surface area contributed by atoms with Gasteiger partial charge in [0.1, 0.15) is 5.75 Å². The minimum absolute atomic E-state index is 0.640. The van der Waals surface area contributed by atoms with Gasteiger partial charge in [-0.15, -0.1) is 0 Å². The van der Waals surface area contributed by atoms with E-state index in [2.05, 4.69) is 0 Å². The molecule has 0 aliphatic rings.